The van der Waals surface area contributed by atoms with E-state index in [1.807, 2.05) is 13.8 Å². The molecule has 0 radical (unpaired) electrons. The van der Waals surface area contributed by atoms with E-state index in [1.54, 1.807) is 18.2 Å². The molecule has 2 aromatic carbocycles. The number of amides is 1. The van der Waals surface area contributed by atoms with Crippen LogP contribution in [0.25, 0.3) is 0 Å². The van der Waals surface area contributed by atoms with Gasteiger partial charge in [-0.1, -0.05) is 12.1 Å². The molecule has 0 aliphatic carbocycles. The molecule has 164 valence electrons. The maximum atomic E-state index is 13.6. The summed E-state index contributed by atoms with van der Waals surface area (Å²) >= 11 is 0. The van der Waals surface area contributed by atoms with Gasteiger partial charge in [-0.2, -0.15) is 0 Å². The van der Waals surface area contributed by atoms with Gasteiger partial charge in [0.1, 0.15) is 11.9 Å². The second-order valence-corrected chi connectivity index (χ2v) is 8.44. The van der Waals surface area contributed by atoms with E-state index in [1.165, 1.54) is 25.1 Å². The van der Waals surface area contributed by atoms with Gasteiger partial charge in [-0.3, -0.25) is 9.10 Å². The molecule has 7 nitrogen and oxygen atoms in total. The Hall–Kier alpha value is -2.81. The van der Waals surface area contributed by atoms with E-state index in [-0.39, 0.29) is 12.2 Å². The molecule has 2 rings (SSSR count). The molecule has 0 aromatic heterocycles. The molecule has 0 aliphatic rings. The molecule has 0 saturated heterocycles. The van der Waals surface area contributed by atoms with Gasteiger partial charge < -0.3 is 14.8 Å². The monoisotopic (exact) mass is 438 g/mol. The van der Waals surface area contributed by atoms with Crippen LogP contribution in [0, 0.1) is 5.82 Å². The van der Waals surface area contributed by atoms with Crippen molar-refractivity contribution in [2.24, 2.45) is 0 Å². The van der Waals surface area contributed by atoms with Crippen LogP contribution in [0.1, 0.15) is 26.3 Å². The van der Waals surface area contributed by atoms with Crippen LogP contribution in [0.5, 0.6) is 11.5 Å². The quantitative estimate of drug-likeness (QED) is 0.616. The molecule has 9 heteroatoms. The fourth-order valence-electron chi connectivity index (χ4n) is 2.96. The van der Waals surface area contributed by atoms with Crippen molar-refractivity contribution in [3.05, 3.63) is 53.8 Å². The fourth-order valence-corrected chi connectivity index (χ4v) is 4.13. The zero-order chi connectivity index (χ0) is 22.3. The van der Waals surface area contributed by atoms with E-state index in [9.17, 15) is 17.6 Å². The molecular weight excluding hydrogens is 411 g/mol. The van der Waals surface area contributed by atoms with Crippen molar-refractivity contribution >= 4 is 21.6 Å². The van der Waals surface area contributed by atoms with E-state index in [4.69, 9.17) is 9.47 Å². The number of nitrogens with one attached hydrogen (secondary N) is 1. The minimum absolute atomic E-state index is 0.0832. The Labute approximate surface area is 176 Å². The molecule has 1 N–H and O–H groups in total. The van der Waals surface area contributed by atoms with E-state index >= 15 is 0 Å². The van der Waals surface area contributed by atoms with Crippen molar-refractivity contribution in [1.82, 2.24) is 5.32 Å². The lowest BCUT2D eigenvalue weighted by atomic mass is 10.2. The Bertz CT molecular complexity index is 981. The maximum Gasteiger partial charge on any atom is 0.243 e. The zero-order valence-electron chi connectivity index (χ0n) is 17.5. The Morgan fingerprint density at radius 2 is 1.77 bits per heavy atom. The summed E-state index contributed by atoms with van der Waals surface area (Å²) in [5, 5.41) is 2.72. The van der Waals surface area contributed by atoms with Gasteiger partial charge in [0.2, 0.25) is 15.9 Å². The summed E-state index contributed by atoms with van der Waals surface area (Å²) in [6.45, 7) is 6.30. The zero-order valence-corrected chi connectivity index (χ0v) is 18.3. The first kappa shape index (κ1) is 23.5. The molecule has 2 aromatic rings. The van der Waals surface area contributed by atoms with E-state index in [0.717, 1.165) is 22.2 Å². The fraction of sp³-hybridized carbons (Fsp3) is 0.381. The van der Waals surface area contributed by atoms with Gasteiger partial charge in [-0.05, 0) is 56.7 Å². The van der Waals surface area contributed by atoms with Gasteiger partial charge in [0, 0.05) is 6.54 Å². The first-order valence-electron chi connectivity index (χ1n) is 9.58. The predicted octanol–water partition coefficient (Wildman–Crippen LogP) is 3.09. The third kappa shape index (κ3) is 6.09. The maximum absolute atomic E-state index is 13.6. The van der Waals surface area contributed by atoms with Gasteiger partial charge in [-0.25, -0.2) is 12.8 Å². The van der Waals surface area contributed by atoms with Crippen LogP contribution in [0.2, 0.25) is 0 Å². The molecule has 0 spiro atoms. The molecule has 0 aliphatic heterocycles. The van der Waals surface area contributed by atoms with Gasteiger partial charge in [-0.15, -0.1) is 0 Å². The summed E-state index contributed by atoms with van der Waals surface area (Å²) < 4.78 is 50.1. The highest BCUT2D eigenvalue weighted by Crippen LogP contribution is 2.28. The summed E-state index contributed by atoms with van der Waals surface area (Å²) in [4.78, 5) is 12.7. The molecule has 0 heterocycles. The highest BCUT2D eigenvalue weighted by molar-refractivity contribution is 7.92. The Kier molecular flexibility index (Phi) is 8.05. The number of anilines is 1. The normalized spacial score (nSPS) is 12.2. The third-order valence-electron chi connectivity index (χ3n) is 4.23. The molecular formula is C21H27FN2O5S. The number of hydrogen-bond acceptors (Lipinski definition) is 5. The Morgan fingerprint density at radius 3 is 2.37 bits per heavy atom. The summed E-state index contributed by atoms with van der Waals surface area (Å²) in [5.74, 6) is 0.0666. The third-order valence-corrected chi connectivity index (χ3v) is 5.47. The van der Waals surface area contributed by atoms with Crippen molar-refractivity contribution in [2.45, 2.75) is 33.4 Å². The minimum Gasteiger partial charge on any atom is -0.490 e. The summed E-state index contributed by atoms with van der Waals surface area (Å²) in [6, 6.07) is 9.35. The number of benzene rings is 2. The topological polar surface area (TPSA) is 84.9 Å². The molecule has 0 bridgehead atoms. The lowest BCUT2D eigenvalue weighted by Gasteiger charge is -2.28. The van der Waals surface area contributed by atoms with Crippen LogP contribution < -0.4 is 19.1 Å². The van der Waals surface area contributed by atoms with Crippen molar-refractivity contribution in [3.63, 3.8) is 0 Å². The minimum atomic E-state index is -3.82. The van der Waals surface area contributed by atoms with Crippen LogP contribution in [0.4, 0.5) is 10.1 Å². The number of sulfonamides is 1. The van der Waals surface area contributed by atoms with Crippen molar-refractivity contribution in [3.8, 4) is 11.5 Å². The molecule has 0 fully saturated rings. The van der Waals surface area contributed by atoms with E-state index < -0.39 is 27.8 Å². The number of rotatable bonds is 10. The molecule has 30 heavy (non-hydrogen) atoms. The van der Waals surface area contributed by atoms with Crippen molar-refractivity contribution in [2.75, 3.05) is 23.8 Å². The number of carbonyl (C=O) groups is 1. The predicted molar refractivity (Wildman–Crippen MR) is 114 cm³/mol. The first-order valence-corrected chi connectivity index (χ1v) is 11.4. The van der Waals surface area contributed by atoms with Gasteiger partial charge >= 0.3 is 0 Å². The lowest BCUT2D eigenvalue weighted by Crippen LogP contribution is -2.47. The average Bonchev–Trinajstić information content (AvgIpc) is 2.67. The van der Waals surface area contributed by atoms with E-state index in [2.05, 4.69) is 5.32 Å². The van der Waals surface area contributed by atoms with Crippen molar-refractivity contribution < 1.29 is 27.1 Å². The van der Waals surface area contributed by atoms with Crippen LogP contribution in [-0.4, -0.2) is 39.8 Å². The number of ether oxygens (including phenoxy) is 2. The second kappa shape index (κ2) is 10.3. The largest absolute Gasteiger partial charge is 0.490 e. The van der Waals surface area contributed by atoms with Gasteiger partial charge in [0.15, 0.2) is 11.5 Å². The highest BCUT2D eigenvalue weighted by atomic mass is 32.2. The molecule has 0 unspecified atom stereocenters. The Balaban J connectivity index is 2.17. The van der Waals surface area contributed by atoms with Gasteiger partial charge in [0.25, 0.3) is 0 Å². The Morgan fingerprint density at radius 1 is 1.10 bits per heavy atom. The first-order chi connectivity index (χ1) is 14.2. The number of halogens is 1. The smallest absolute Gasteiger partial charge is 0.243 e. The SMILES string of the molecule is CCOc1ccc(CNC(=O)[C@@H](C)N(c2cccc(F)c2)S(C)(=O)=O)cc1OCC. The van der Waals surface area contributed by atoms with Crippen LogP contribution in [0.3, 0.4) is 0 Å². The molecule has 1 atom stereocenters. The lowest BCUT2D eigenvalue weighted by molar-refractivity contribution is -0.122. The second-order valence-electron chi connectivity index (χ2n) is 6.58. The molecule has 0 saturated carbocycles. The summed E-state index contributed by atoms with van der Waals surface area (Å²) in [6.07, 6.45) is 0.975. The van der Waals surface area contributed by atoms with Gasteiger partial charge in [0.05, 0.1) is 25.2 Å². The molecule has 1 amide bonds. The highest BCUT2D eigenvalue weighted by Gasteiger charge is 2.29. The van der Waals surface area contributed by atoms with Crippen LogP contribution in [-0.2, 0) is 21.4 Å². The standard InChI is InChI=1S/C21H27FN2O5S/c1-5-28-19-11-10-16(12-20(19)29-6-2)14-23-21(25)15(3)24(30(4,26)27)18-9-7-8-17(22)13-18/h7-13,15H,5-6,14H2,1-4H3,(H,23,25)/t15-/m1/s1. The summed E-state index contributed by atoms with van der Waals surface area (Å²) in [7, 11) is -3.82. The van der Waals surface area contributed by atoms with Crippen molar-refractivity contribution in [1.29, 1.82) is 0 Å². The number of carbonyl (C=O) groups excluding carboxylic acids is 1. The van der Waals surface area contributed by atoms with Crippen LogP contribution >= 0.6 is 0 Å². The van der Waals surface area contributed by atoms with E-state index in [0.29, 0.717) is 24.7 Å². The van der Waals surface area contributed by atoms with Crippen LogP contribution in [0.15, 0.2) is 42.5 Å². The number of hydrogen-bond donors (Lipinski definition) is 1. The number of nitrogens with zero attached hydrogens (tertiary/aromatic N) is 1. The summed E-state index contributed by atoms with van der Waals surface area (Å²) in [5.41, 5.74) is 0.846. The average molecular weight is 439 g/mol.